The molecule has 2 aromatic rings. The van der Waals surface area contributed by atoms with Crippen molar-refractivity contribution in [2.75, 3.05) is 13.2 Å². The van der Waals surface area contributed by atoms with Crippen molar-refractivity contribution < 1.29 is 9.53 Å². The minimum atomic E-state index is -0.0607. The Bertz CT molecular complexity index is 694. The second-order valence-electron chi connectivity index (χ2n) is 5.44. The van der Waals surface area contributed by atoms with Crippen LogP contribution >= 0.6 is 15.9 Å². The molecule has 1 aromatic heterocycles. The zero-order chi connectivity index (χ0) is 13.7. The van der Waals surface area contributed by atoms with Gasteiger partial charge in [-0.25, -0.2) is 0 Å². The van der Waals surface area contributed by atoms with E-state index in [1.165, 1.54) is 16.6 Å². The lowest BCUT2D eigenvalue weighted by Crippen LogP contribution is -2.41. The van der Waals surface area contributed by atoms with Gasteiger partial charge in [-0.3, -0.25) is 9.69 Å². The zero-order valence-corrected chi connectivity index (χ0v) is 12.6. The number of nitrogens with one attached hydrogen (secondary N) is 1. The van der Waals surface area contributed by atoms with Crippen LogP contribution in [0.5, 0.6) is 0 Å². The third kappa shape index (κ3) is 1.80. The Morgan fingerprint density at radius 1 is 1.40 bits per heavy atom. The van der Waals surface area contributed by atoms with Gasteiger partial charge in [0, 0.05) is 41.5 Å². The molecule has 0 saturated carbocycles. The third-order valence-electron chi connectivity index (χ3n) is 4.34. The van der Waals surface area contributed by atoms with Crippen molar-refractivity contribution >= 4 is 32.8 Å². The highest BCUT2D eigenvalue weighted by molar-refractivity contribution is 9.10. The van der Waals surface area contributed by atoms with Crippen LogP contribution in [0.4, 0.5) is 0 Å². The van der Waals surface area contributed by atoms with Gasteiger partial charge in [0.25, 0.3) is 0 Å². The number of carbonyl (C=O) groups excluding carboxylic acids is 1. The minimum absolute atomic E-state index is 0.0553. The lowest BCUT2D eigenvalue weighted by Gasteiger charge is -2.30. The first-order valence-electron chi connectivity index (χ1n) is 6.92. The van der Waals surface area contributed by atoms with Crippen molar-refractivity contribution in [2.24, 2.45) is 0 Å². The van der Waals surface area contributed by atoms with Gasteiger partial charge in [-0.05, 0) is 27.6 Å². The molecule has 0 spiro atoms. The summed E-state index contributed by atoms with van der Waals surface area (Å²) in [5.41, 5.74) is 3.79. The summed E-state index contributed by atoms with van der Waals surface area (Å²) >= 11 is 3.60. The lowest BCUT2D eigenvalue weighted by atomic mass is 10.0. The van der Waals surface area contributed by atoms with Gasteiger partial charge < -0.3 is 9.72 Å². The fourth-order valence-electron chi connectivity index (χ4n) is 3.31. The molecule has 0 radical (unpaired) electrons. The Hall–Kier alpha value is -1.33. The maximum atomic E-state index is 11.8. The minimum Gasteiger partial charge on any atom is -0.464 e. The van der Waals surface area contributed by atoms with Crippen LogP contribution < -0.4 is 0 Å². The summed E-state index contributed by atoms with van der Waals surface area (Å²) in [5, 5.41) is 1.26. The van der Waals surface area contributed by atoms with Gasteiger partial charge >= 0.3 is 5.97 Å². The first-order valence-corrected chi connectivity index (χ1v) is 7.72. The van der Waals surface area contributed by atoms with Gasteiger partial charge in [-0.1, -0.05) is 12.1 Å². The van der Waals surface area contributed by atoms with Crippen molar-refractivity contribution in [1.82, 2.24) is 9.88 Å². The molecule has 1 aromatic carbocycles. The number of carbonyl (C=O) groups is 1. The number of halogens is 1. The predicted molar refractivity (Wildman–Crippen MR) is 79.5 cm³/mol. The maximum Gasteiger partial charge on any atom is 0.323 e. The number of aromatic nitrogens is 1. The molecule has 0 amide bonds. The zero-order valence-electron chi connectivity index (χ0n) is 11.0. The van der Waals surface area contributed by atoms with Crippen molar-refractivity contribution in [1.29, 1.82) is 0 Å². The number of fused-ring (bicyclic) bond motifs is 3. The van der Waals surface area contributed by atoms with E-state index in [0.717, 1.165) is 35.9 Å². The summed E-state index contributed by atoms with van der Waals surface area (Å²) in [6.07, 6.45) is 1.78. The number of hydrogen-bond donors (Lipinski definition) is 1. The standard InChI is InChI=1S/C15H15BrN2O2/c16-11-3-1-2-9-10-8-18(13-5-7-20-15(13)19)6-4-12(10)17-14(9)11/h1-3,13,17H,4-8H2. The Balaban J connectivity index is 1.73. The number of para-hydroxylation sites is 1. The number of nitrogens with zero attached hydrogens (tertiary/aromatic N) is 1. The quantitative estimate of drug-likeness (QED) is 0.815. The summed E-state index contributed by atoms with van der Waals surface area (Å²) in [4.78, 5) is 17.5. The summed E-state index contributed by atoms with van der Waals surface area (Å²) in [6, 6.07) is 6.20. The van der Waals surface area contributed by atoms with Crippen LogP contribution in [0.15, 0.2) is 22.7 Å². The number of esters is 1. The molecule has 1 unspecified atom stereocenters. The van der Waals surface area contributed by atoms with Crippen LogP contribution in [0, 0.1) is 0 Å². The first kappa shape index (κ1) is 12.4. The van der Waals surface area contributed by atoms with E-state index in [9.17, 15) is 4.79 Å². The van der Waals surface area contributed by atoms with E-state index >= 15 is 0 Å². The smallest absolute Gasteiger partial charge is 0.323 e. The fraction of sp³-hybridized carbons (Fsp3) is 0.400. The molecule has 20 heavy (non-hydrogen) atoms. The molecule has 4 rings (SSSR count). The molecule has 3 heterocycles. The molecular weight excluding hydrogens is 320 g/mol. The summed E-state index contributed by atoms with van der Waals surface area (Å²) in [5.74, 6) is -0.0607. The second kappa shape index (κ2) is 4.60. The van der Waals surface area contributed by atoms with E-state index in [0.29, 0.717) is 6.61 Å². The average Bonchev–Trinajstić information content (AvgIpc) is 3.03. The van der Waals surface area contributed by atoms with Crippen LogP contribution in [0.1, 0.15) is 17.7 Å². The molecule has 2 aliphatic heterocycles. The third-order valence-corrected chi connectivity index (χ3v) is 5.00. The Morgan fingerprint density at radius 3 is 3.10 bits per heavy atom. The predicted octanol–water partition coefficient (Wildman–Crippen LogP) is 2.60. The van der Waals surface area contributed by atoms with Crippen LogP contribution in [0.25, 0.3) is 10.9 Å². The van der Waals surface area contributed by atoms with Crippen molar-refractivity contribution in [2.45, 2.75) is 25.4 Å². The first-order chi connectivity index (χ1) is 9.74. The molecule has 0 aliphatic carbocycles. The van der Waals surface area contributed by atoms with Crippen molar-refractivity contribution in [3.63, 3.8) is 0 Å². The van der Waals surface area contributed by atoms with Gasteiger partial charge in [0.05, 0.1) is 12.1 Å². The van der Waals surface area contributed by atoms with E-state index in [-0.39, 0.29) is 12.0 Å². The Morgan fingerprint density at radius 2 is 2.30 bits per heavy atom. The molecule has 4 nitrogen and oxygen atoms in total. The normalized spacial score (nSPS) is 23.1. The number of ether oxygens (including phenoxy) is 1. The van der Waals surface area contributed by atoms with Crippen molar-refractivity contribution in [3.8, 4) is 0 Å². The van der Waals surface area contributed by atoms with Crippen molar-refractivity contribution in [3.05, 3.63) is 33.9 Å². The highest BCUT2D eigenvalue weighted by atomic mass is 79.9. The van der Waals surface area contributed by atoms with E-state index in [1.54, 1.807) is 0 Å². The maximum absolute atomic E-state index is 11.8. The van der Waals surface area contributed by atoms with Crippen LogP contribution in [0.3, 0.4) is 0 Å². The number of cyclic esters (lactones) is 1. The largest absolute Gasteiger partial charge is 0.464 e. The number of hydrogen-bond acceptors (Lipinski definition) is 3. The number of H-pyrrole nitrogens is 1. The average molecular weight is 335 g/mol. The van der Waals surface area contributed by atoms with Crippen LogP contribution in [-0.4, -0.2) is 35.0 Å². The van der Waals surface area contributed by atoms with E-state index in [4.69, 9.17) is 4.74 Å². The van der Waals surface area contributed by atoms with Gasteiger partial charge in [-0.2, -0.15) is 0 Å². The molecule has 2 aliphatic rings. The summed E-state index contributed by atoms with van der Waals surface area (Å²) in [6.45, 7) is 2.30. The van der Waals surface area contributed by atoms with Gasteiger partial charge in [0.2, 0.25) is 0 Å². The molecule has 1 saturated heterocycles. The Kier molecular flexibility index (Phi) is 2.86. The van der Waals surface area contributed by atoms with E-state index < -0.39 is 0 Å². The van der Waals surface area contributed by atoms with E-state index in [1.807, 2.05) is 0 Å². The molecule has 1 fully saturated rings. The highest BCUT2D eigenvalue weighted by Crippen LogP contribution is 2.33. The molecular formula is C15H15BrN2O2. The van der Waals surface area contributed by atoms with Crippen LogP contribution in [-0.2, 0) is 22.5 Å². The number of rotatable bonds is 1. The van der Waals surface area contributed by atoms with Gasteiger partial charge in [0.15, 0.2) is 0 Å². The number of aromatic amines is 1. The fourth-order valence-corrected chi connectivity index (χ4v) is 3.77. The summed E-state index contributed by atoms with van der Waals surface area (Å²) < 4.78 is 6.19. The summed E-state index contributed by atoms with van der Waals surface area (Å²) in [7, 11) is 0. The topological polar surface area (TPSA) is 45.3 Å². The second-order valence-corrected chi connectivity index (χ2v) is 6.29. The van der Waals surface area contributed by atoms with Gasteiger partial charge in [-0.15, -0.1) is 0 Å². The molecule has 104 valence electrons. The Labute approximate surface area is 125 Å². The SMILES string of the molecule is O=C1OCCC1N1CCc2[nH]c3c(Br)cccc3c2C1. The molecule has 1 N–H and O–H groups in total. The van der Waals surface area contributed by atoms with Gasteiger partial charge in [0.1, 0.15) is 6.04 Å². The van der Waals surface area contributed by atoms with Crippen LogP contribution in [0.2, 0.25) is 0 Å². The molecule has 1 atom stereocenters. The molecule has 0 bridgehead atoms. The lowest BCUT2D eigenvalue weighted by molar-refractivity contribution is -0.142. The number of benzene rings is 1. The van der Waals surface area contributed by atoms with E-state index in [2.05, 4.69) is 44.0 Å². The monoisotopic (exact) mass is 334 g/mol. The highest BCUT2D eigenvalue weighted by Gasteiger charge is 2.34. The molecule has 5 heteroatoms.